The minimum atomic E-state index is -0.968. The van der Waals surface area contributed by atoms with E-state index >= 15 is 0 Å². The second-order valence-electron chi connectivity index (χ2n) is 6.91. The molecule has 2 N–H and O–H groups in total. The van der Waals surface area contributed by atoms with Crippen LogP contribution in [0.25, 0.3) is 22.2 Å². The predicted molar refractivity (Wildman–Crippen MR) is 119 cm³/mol. The van der Waals surface area contributed by atoms with Gasteiger partial charge in [-0.05, 0) is 64.1 Å². The molecule has 0 bridgehead atoms. The number of nitrogens with one attached hydrogen (secondary N) is 2. The van der Waals surface area contributed by atoms with Gasteiger partial charge in [-0.3, -0.25) is 6.29 Å². The summed E-state index contributed by atoms with van der Waals surface area (Å²) >= 11 is 1.45. The van der Waals surface area contributed by atoms with Crippen molar-refractivity contribution in [3.05, 3.63) is 77.3 Å². The molecule has 156 valence electrons. The summed E-state index contributed by atoms with van der Waals surface area (Å²) in [6.07, 6.45) is 4.34. The van der Waals surface area contributed by atoms with Gasteiger partial charge in [-0.1, -0.05) is 29.7 Å². The fraction of sp³-hybridized carbons (Fsp3) is 0.130. The first kappa shape index (κ1) is 25.0. The molecule has 2 heterocycles. The van der Waals surface area contributed by atoms with E-state index in [1.54, 1.807) is 24.3 Å². The van der Waals surface area contributed by atoms with Gasteiger partial charge in [0.25, 0.3) is 0 Å². The molecule has 2 atom stereocenters. The molecule has 0 spiro atoms. The van der Waals surface area contributed by atoms with Crippen LogP contribution in [0.3, 0.4) is 0 Å². The van der Waals surface area contributed by atoms with E-state index in [9.17, 15) is 4.79 Å². The predicted octanol–water partition coefficient (Wildman–Crippen LogP) is 1.46. The average Bonchev–Trinajstić information content (AvgIpc) is 3.44. The summed E-state index contributed by atoms with van der Waals surface area (Å²) in [5.74, 6) is -0.742. The van der Waals surface area contributed by atoms with Crippen molar-refractivity contribution in [3.8, 4) is 17.2 Å². The van der Waals surface area contributed by atoms with Crippen LogP contribution in [0, 0.1) is 24.2 Å². The summed E-state index contributed by atoms with van der Waals surface area (Å²) in [4.78, 5) is 12.9. The van der Waals surface area contributed by atoms with E-state index in [1.165, 1.54) is 11.3 Å². The first-order valence-electron chi connectivity index (χ1n) is 8.97. The van der Waals surface area contributed by atoms with Crippen LogP contribution in [0.1, 0.15) is 28.8 Å². The third-order valence-corrected chi connectivity index (χ3v) is 6.23. The Labute approximate surface area is 202 Å². The maximum Gasteiger partial charge on any atom is 1.00 e. The van der Waals surface area contributed by atoms with Crippen LogP contribution < -0.4 is 24.2 Å². The van der Waals surface area contributed by atoms with Gasteiger partial charge in [-0.15, -0.1) is 11.3 Å². The molecule has 0 unspecified atom stereocenters. The zero-order chi connectivity index (χ0) is 21.1. The fourth-order valence-corrected chi connectivity index (χ4v) is 4.50. The molecule has 0 saturated heterocycles. The number of nitrogens with zero attached hydrogens (tertiary/aromatic N) is 3. The maximum atomic E-state index is 12.1. The largest absolute Gasteiger partial charge is 1.00 e. The van der Waals surface area contributed by atoms with Crippen molar-refractivity contribution in [3.63, 3.8) is 0 Å². The average molecular weight is 435 g/mol. The Morgan fingerprint density at radius 3 is 2.69 bits per heavy atom. The number of carbonyl (C=O) groups excluding carboxylic acids is 1. The summed E-state index contributed by atoms with van der Waals surface area (Å²) < 4.78 is 4.74. The van der Waals surface area contributed by atoms with Crippen molar-refractivity contribution in [2.24, 2.45) is 0 Å². The van der Waals surface area contributed by atoms with Gasteiger partial charge in [0.1, 0.15) is 11.0 Å². The number of fused-ring (bicyclic) bond motifs is 1. The molecule has 32 heavy (non-hydrogen) atoms. The van der Waals surface area contributed by atoms with Gasteiger partial charge in [-0.2, -0.15) is 5.26 Å². The van der Waals surface area contributed by atoms with Crippen molar-refractivity contribution in [2.75, 3.05) is 0 Å². The van der Waals surface area contributed by atoms with E-state index in [0.29, 0.717) is 22.2 Å². The molecular weight excluding hydrogens is 417 g/mol. The molecule has 0 aliphatic heterocycles. The third-order valence-electron chi connectivity index (χ3n) is 5.06. The first-order chi connectivity index (χ1) is 14.6. The second-order valence-corrected chi connectivity index (χ2v) is 7.82. The van der Waals surface area contributed by atoms with Crippen molar-refractivity contribution >= 4 is 35.0 Å². The molecule has 7 nitrogen and oxygen atoms in total. The summed E-state index contributed by atoms with van der Waals surface area (Å²) in [5, 5.41) is 29.2. The molecule has 4 aromatic rings. The molecule has 0 fully saturated rings. The smallest absolute Gasteiger partial charge is 0.543 e. The van der Waals surface area contributed by atoms with Crippen LogP contribution in [0.15, 0.2) is 58.5 Å². The maximum absolute atomic E-state index is 12.1. The Hall–Kier alpha value is -3.23. The van der Waals surface area contributed by atoms with Gasteiger partial charge < -0.3 is 29.3 Å². The SMILES string of the molecule is C[C@@](N[C-]=N)(c1cc(-c2cccc(C#N)c2)cs1)[C@@H]([C-]=O)c1ccc2nonc2c1.[CH3-].[Li+]. The van der Waals surface area contributed by atoms with Crippen molar-refractivity contribution < 1.29 is 28.3 Å². The molecule has 0 saturated carbocycles. The third kappa shape index (κ3) is 4.51. The zero-order valence-corrected chi connectivity index (χ0v) is 18.7. The summed E-state index contributed by atoms with van der Waals surface area (Å²) in [5.41, 5.74) is 3.22. The van der Waals surface area contributed by atoms with Gasteiger partial charge in [-0.25, -0.2) is 4.63 Å². The van der Waals surface area contributed by atoms with E-state index in [1.807, 2.05) is 36.6 Å². The Morgan fingerprint density at radius 1 is 1.19 bits per heavy atom. The van der Waals surface area contributed by atoms with E-state index in [-0.39, 0.29) is 26.3 Å². The van der Waals surface area contributed by atoms with Gasteiger partial charge in [0, 0.05) is 10.4 Å². The summed E-state index contributed by atoms with van der Waals surface area (Å²) in [6, 6.07) is 16.6. The van der Waals surface area contributed by atoms with Crippen LogP contribution in [-0.4, -0.2) is 22.9 Å². The van der Waals surface area contributed by atoms with Crippen LogP contribution in [-0.2, 0) is 10.3 Å². The minimum Gasteiger partial charge on any atom is -0.543 e. The zero-order valence-electron chi connectivity index (χ0n) is 17.8. The van der Waals surface area contributed by atoms with Crippen molar-refractivity contribution in [2.45, 2.75) is 18.4 Å². The van der Waals surface area contributed by atoms with E-state index in [2.05, 4.69) is 34.3 Å². The number of hydrogen-bond donors (Lipinski definition) is 2. The van der Waals surface area contributed by atoms with Gasteiger partial charge in [0.2, 0.25) is 0 Å². The molecule has 0 aliphatic carbocycles. The number of benzene rings is 2. The second kappa shape index (κ2) is 10.4. The van der Waals surface area contributed by atoms with E-state index in [0.717, 1.165) is 16.0 Å². The summed E-state index contributed by atoms with van der Waals surface area (Å²) in [6.45, 7) is 1.83. The Morgan fingerprint density at radius 2 is 1.97 bits per heavy atom. The summed E-state index contributed by atoms with van der Waals surface area (Å²) in [7, 11) is 0. The molecule has 4 rings (SSSR count). The van der Waals surface area contributed by atoms with Gasteiger partial charge in [0.05, 0.1) is 11.6 Å². The number of aromatic nitrogens is 2. The van der Waals surface area contributed by atoms with Crippen molar-refractivity contribution in [1.29, 1.82) is 10.7 Å². The molecule has 0 aliphatic rings. The monoisotopic (exact) mass is 435 g/mol. The topological polar surface area (TPSA) is 116 Å². The normalized spacial score (nSPS) is 13.0. The van der Waals surface area contributed by atoms with E-state index < -0.39 is 11.5 Å². The van der Waals surface area contributed by atoms with E-state index in [4.69, 9.17) is 15.3 Å². The molecule has 0 radical (unpaired) electrons. The number of nitriles is 1. The Bertz CT molecular complexity index is 1280. The quantitative estimate of drug-likeness (QED) is 0.149. The molecule has 2 aromatic carbocycles. The fourth-order valence-electron chi connectivity index (χ4n) is 3.43. The minimum absolute atomic E-state index is 0. The standard InChI is InChI=1S/C22H15N5O2S.CH3.Li/c1-22(25-13-24,18(11-28)16-5-6-19-20(8-16)27-29-26-19)21-9-17(12-30-21)15-4-2-3-14(7-15)10-23;;/h2-9,12,18H,1H3,(H2,24,25);1H3;/q-2;-1;+1/t18-,22-;;/m0../s1. The molecular formula is C23H18LiN5O2S-2. The van der Waals surface area contributed by atoms with Gasteiger partial charge >= 0.3 is 18.9 Å². The van der Waals surface area contributed by atoms with Crippen LogP contribution in [0.5, 0.6) is 0 Å². The van der Waals surface area contributed by atoms with Crippen molar-refractivity contribution in [1.82, 2.24) is 15.6 Å². The van der Waals surface area contributed by atoms with Crippen LogP contribution in [0.4, 0.5) is 0 Å². The molecule has 9 heteroatoms. The Balaban J connectivity index is 0.00000181. The number of rotatable bonds is 7. The first-order valence-corrected chi connectivity index (χ1v) is 9.85. The Kier molecular flexibility index (Phi) is 8.12. The number of hydrogen-bond acceptors (Lipinski definition) is 7. The van der Waals surface area contributed by atoms with Gasteiger partial charge in [0.15, 0.2) is 0 Å². The van der Waals surface area contributed by atoms with Crippen LogP contribution >= 0.6 is 11.3 Å². The molecule has 2 aromatic heterocycles. The van der Waals surface area contributed by atoms with Crippen LogP contribution in [0.2, 0.25) is 0 Å². The number of thiophene rings is 1. The molecule has 0 amide bonds.